The molecule has 0 saturated carbocycles. The number of likely N-dealkylation sites (tertiary alicyclic amines) is 1. The number of hydrogen-bond acceptors (Lipinski definition) is 3. The van der Waals surface area contributed by atoms with E-state index in [4.69, 9.17) is 0 Å². The zero-order valence-corrected chi connectivity index (χ0v) is 10.4. The van der Waals surface area contributed by atoms with Crippen LogP contribution < -0.4 is 5.32 Å². The Morgan fingerprint density at radius 3 is 2.59 bits per heavy atom. The van der Waals surface area contributed by atoms with Gasteiger partial charge in [-0.15, -0.1) is 0 Å². The molecule has 0 aromatic carbocycles. The number of carbonyl (C=O) groups is 2. The molecule has 0 radical (unpaired) electrons. The number of hydrogen-bond donors (Lipinski definition) is 1. The van der Waals surface area contributed by atoms with Crippen molar-refractivity contribution in [1.29, 1.82) is 0 Å². The van der Waals surface area contributed by atoms with Crippen LogP contribution in [0.5, 0.6) is 0 Å². The van der Waals surface area contributed by atoms with E-state index in [0.29, 0.717) is 6.42 Å². The number of nitrogens with one attached hydrogen (secondary N) is 1. The maximum Gasteiger partial charge on any atom is 0.224 e. The van der Waals surface area contributed by atoms with E-state index in [-0.39, 0.29) is 17.9 Å². The molecule has 2 amide bonds. The van der Waals surface area contributed by atoms with Crippen molar-refractivity contribution in [3.8, 4) is 0 Å². The molecule has 5 nitrogen and oxygen atoms in total. The van der Waals surface area contributed by atoms with Crippen molar-refractivity contribution in [2.45, 2.75) is 32.2 Å². The lowest BCUT2D eigenvalue weighted by Gasteiger charge is -2.30. The van der Waals surface area contributed by atoms with E-state index in [9.17, 15) is 9.59 Å². The molecular formula is C12H21N3O2. The second-order valence-electron chi connectivity index (χ2n) is 4.84. The molecule has 2 fully saturated rings. The van der Waals surface area contributed by atoms with Crippen LogP contribution in [0.2, 0.25) is 0 Å². The monoisotopic (exact) mass is 239 g/mol. The Balaban J connectivity index is 1.86. The third-order valence-electron chi connectivity index (χ3n) is 3.66. The molecule has 2 heterocycles. The maximum atomic E-state index is 12.1. The van der Waals surface area contributed by atoms with Crippen molar-refractivity contribution in [3.63, 3.8) is 0 Å². The predicted molar refractivity (Wildman–Crippen MR) is 64.5 cm³/mol. The van der Waals surface area contributed by atoms with Gasteiger partial charge in [0.25, 0.3) is 0 Å². The standard InChI is InChI=1S/C12H21N3O2/c1-10(16)15-6-2-3-11(15)9-12(17)14-7-4-13-5-8-14/h11,13H,2-9H2,1H3. The highest BCUT2D eigenvalue weighted by Gasteiger charge is 2.30. The van der Waals surface area contributed by atoms with E-state index in [1.807, 2.05) is 9.80 Å². The van der Waals surface area contributed by atoms with Gasteiger partial charge < -0.3 is 15.1 Å². The molecule has 0 aromatic rings. The van der Waals surface area contributed by atoms with Crippen molar-refractivity contribution in [2.24, 2.45) is 0 Å². The fourth-order valence-electron chi connectivity index (χ4n) is 2.71. The summed E-state index contributed by atoms with van der Waals surface area (Å²) in [7, 11) is 0. The molecule has 2 aliphatic rings. The largest absolute Gasteiger partial charge is 0.340 e. The zero-order valence-electron chi connectivity index (χ0n) is 10.4. The van der Waals surface area contributed by atoms with Crippen LogP contribution in [0, 0.1) is 0 Å². The van der Waals surface area contributed by atoms with Gasteiger partial charge in [0.05, 0.1) is 0 Å². The molecule has 0 spiro atoms. The number of nitrogens with zero attached hydrogens (tertiary/aromatic N) is 2. The fourth-order valence-corrected chi connectivity index (χ4v) is 2.71. The smallest absolute Gasteiger partial charge is 0.224 e. The van der Waals surface area contributed by atoms with Crippen LogP contribution in [-0.4, -0.2) is 60.4 Å². The van der Waals surface area contributed by atoms with Crippen molar-refractivity contribution in [2.75, 3.05) is 32.7 Å². The lowest BCUT2D eigenvalue weighted by atomic mass is 10.1. The number of piperazine rings is 1. The van der Waals surface area contributed by atoms with E-state index in [0.717, 1.165) is 45.6 Å². The summed E-state index contributed by atoms with van der Waals surface area (Å²) < 4.78 is 0. The first-order chi connectivity index (χ1) is 8.18. The van der Waals surface area contributed by atoms with Crippen LogP contribution in [0.3, 0.4) is 0 Å². The van der Waals surface area contributed by atoms with Gasteiger partial charge in [0.1, 0.15) is 0 Å². The predicted octanol–water partition coefficient (Wildman–Crippen LogP) is -0.181. The minimum Gasteiger partial charge on any atom is -0.340 e. The molecule has 1 unspecified atom stereocenters. The second-order valence-corrected chi connectivity index (χ2v) is 4.84. The first-order valence-electron chi connectivity index (χ1n) is 6.44. The minimum absolute atomic E-state index is 0.0978. The lowest BCUT2D eigenvalue weighted by Crippen LogP contribution is -2.48. The summed E-state index contributed by atoms with van der Waals surface area (Å²) in [5.74, 6) is 0.297. The van der Waals surface area contributed by atoms with E-state index in [2.05, 4.69) is 5.32 Å². The van der Waals surface area contributed by atoms with Crippen LogP contribution in [-0.2, 0) is 9.59 Å². The van der Waals surface area contributed by atoms with E-state index >= 15 is 0 Å². The molecule has 5 heteroatoms. The summed E-state index contributed by atoms with van der Waals surface area (Å²) in [5, 5.41) is 3.23. The quantitative estimate of drug-likeness (QED) is 0.727. The average Bonchev–Trinajstić information content (AvgIpc) is 2.78. The molecule has 2 saturated heterocycles. The molecule has 96 valence electrons. The molecule has 0 aliphatic carbocycles. The number of amides is 2. The molecule has 2 rings (SSSR count). The van der Waals surface area contributed by atoms with E-state index in [1.165, 1.54) is 0 Å². The fraction of sp³-hybridized carbons (Fsp3) is 0.833. The summed E-state index contributed by atoms with van der Waals surface area (Å²) >= 11 is 0. The van der Waals surface area contributed by atoms with E-state index < -0.39 is 0 Å². The maximum absolute atomic E-state index is 12.1. The van der Waals surface area contributed by atoms with E-state index in [1.54, 1.807) is 6.92 Å². The number of carbonyl (C=O) groups excluding carboxylic acids is 2. The summed E-state index contributed by atoms with van der Waals surface area (Å²) in [6, 6.07) is 0.134. The van der Waals surface area contributed by atoms with Crippen molar-refractivity contribution >= 4 is 11.8 Å². The minimum atomic E-state index is 0.0978. The van der Waals surface area contributed by atoms with Gasteiger partial charge in [-0.25, -0.2) is 0 Å². The molecular weight excluding hydrogens is 218 g/mol. The van der Waals surface area contributed by atoms with Crippen molar-refractivity contribution in [3.05, 3.63) is 0 Å². The highest BCUT2D eigenvalue weighted by atomic mass is 16.2. The molecule has 1 atom stereocenters. The summed E-state index contributed by atoms with van der Waals surface area (Å²) in [5.41, 5.74) is 0. The third-order valence-corrected chi connectivity index (χ3v) is 3.66. The van der Waals surface area contributed by atoms with Crippen LogP contribution >= 0.6 is 0 Å². The molecule has 0 bridgehead atoms. The Kier molecular flexibility index (Phi) is 3.99. The van der Waals surface area contributed by atoms with Gasteiger partial charge in [-0.3, -0.25) is 9.59 Å². The molecule has 17 heavy (non-hydrogen) atoms. The van der Waals surface area contributed by atoms with Crippen molar-refractivity contribution in [1.82, 2.24) is 15.1 Å². The van der Waals surface area contributed by atoms with Gasteiger partial charge in [-0.2, -0.15) is 0 Å². The zero-order chi connectivity index (χ0) is 12.3. The van der Waals surface area contributed by atoms with Crippen molar-refractivity contribution < 1.29 is 9.59 Å². The molecule has 2 aliphatic heterocycles. The molecule has 1 N–H and O–H groups in total. The third kappa shape index (κ3) is 2.97. The van der Waals surface area contributed by atoms with Gasteiger partial charge in [-0.05, 0) is 12.8 Å². The Bertz CT molecular complexity index is 300. The normalized spacial score (nSPS) is 25.1. The lowest BCUT2D eigenvalue weighted by molar-refractivity contribution is -0.135. The van der Waals surface area contributed by atoms with Gasteiger partial charge in [0.15, 0.2) is 0 Å². The van der Waals surface area contributed by atoms with Gasteiger partial charge >= 0.3 is 0 Å². The Morgan fingerprint density at radius 1 is 1.24 bits per heavy atom. The summed E-state index contributed by atoms with van der Waals surface area (Å²) in [4.78, 5) is 27.2. The first-order valence-corrected chi connectivity index (χ1v) is 6.44. The molecule has 0 aromatic heterocycles. The van der Waals surface area contributed by atoms with Gasteiger partial charge in [0.2, 0.25) is 11.8 Å². The Hall–Kier alpha value is -1.10. The second kappa shape index (κ2) is 5.49. The highest BCUT2D eigenvalue weighted by Crippen LogP contribution is 2.21. The summed E-state index contributed by atoms with van der Waals surface area (Å²) in [6.07, 6.45) is 2.50. The summed E-state index contributed by atoms with van der Waals surface area (Å²) in [6.45, 7) is 5.76. The first kappa shape index (κ1) is 12.4. The van der Waals surface area contributed by atoms with Gasteiger partial charge in [-0.1, -0.05) is 0 Å². The SMILES string of the molecule is CC(=O)N1CCCC1CC(=O)N1CCNCC1. The van der Waals surface area contributed by atoms with Crippen LogP contribution in [0.25, 0.3) is 0 Å². The van der Waals surface area contributed by atoms with Crippen LogP contribution in [0.1, 0.15) is 26.2 Å². The van der Waals surface area contributed by atoms with Crippen LogP contribution in [0.4, 0.5) is 0 Å². The highest BCUT2D eigenvalue weighted by molar-refractivity contribution is 5.79. The van der Waals surface area contributed by atoms with Gasteiger partial charge in [0, 0.05) is 52.1 Å². The average molecular weight is 239 g/mol. The number of rotatable bonds is 2. The Labute approximate surface area is 102 Å². The topological polar surface area (TPSA) is 52.7 Å². The van der Waals surface area contributed by atoms with Crippen LogP contribution in [0.15, 0.2) is 0 Å². The Morgan fingerprint density at radius 2 is 1.94 bits per heavy atom.